The van der Waals surface area contributed by atoms with Crippen LogP contribution >= 0.6 is 47.0 Å². The summed E-state index contributed by atoms with van der Waals surface area (Å²) in [6.45, 7) is 1.41. The highest BCUT2D eigenvalue weighted by molar-refractivity contribution is 8.03. The molecule has 0 atom stereocenters. The Morgan fingerprint density at radius 1 is 0.432 bits per heavy atom. The Kier molecular flexibility index (Phi) is 10.6. The molecule has 4 aromatic rings. The minimum Gasteiger partial charge on any atom is -0.492 e. The van der Waals surface area contributed by atoms with Crippen LogP contribution in [0.5, 0.6) is 11.5 Å². The van der Waals surface area contributed by atoms with Crippen LogP contribution < -0.4 is 9.47 Å². The average molecular weight is 567 g/mol. The van der Waals surface area contributed by atoms with Crippen LogP contribution in [0.3, 0.4) is 0 Å². The molecule has 0 spiro atoms. The van der Waals surface area contributed by atoms with E-state index in [9.17, 15) is 0 Å². The minimum atomic E-state index is 0.703. The predicted octanol–water partition coefficient (Wildman–Crippen LogP) is 8.75. The van der Waals surface area contributed by atoms with Gasteiger partial charge in [-0.3, -0.25) is 0 Å². The van der Waals surface area contributed by atoms with E-state index in [1.54, 1.807) is 0 Å². The number of rotatable bonds is 0. The van der Waals surface area contributed by atoms with E-state index in [0.29, 0.717) is 13.2 Å². The quantitative estimate of drug-likeness (QED) is 0.210. The summed E-state index contributed by atoms with van der Waals surface area (Å²) >= 11 is 8.17. The summed E-state index contributed by atoms with van der Waals surface area (Å²) in [7, 11) is 0. The molecule has 1 heterocycles. The topological polar surface area (TPSA) is 18.5 Å². The van der Waals surface area contributed by atoms with E-state index in [2.05, 4.69) is 96.3 Å². The molecule has 6 heteroatoms. The largest absolute Gasteiger partial charge is 0.492 e. The number of fused-ring (bicyclic) bond motifs is 7. The maximum atomic E-state index is 6.51. The molecule has 1 aliphatic rings. The first-order valence-electron chi connectivity index (χ1n) is 13.0. The van der Waals surface area contributed by atoms with E-state index < -0.39 is 0 Å². The monoisotopic (exact) mass is 566 g/mol. The van der Waals surface area contributed by atoms with E-state index in [0.717, 1.165) is 34.1 Å². The molecule has 1 aliphatic heterocycles. The molecular weight excluding hydrogens is 533 g/mol. The van der Waals surface area contributed by atoms with Crippen molar-refractivity contribution in [2.24, 2.45) is 0 Å². The highest BCUT2D eigenvalue weighted by Crippen LogP contribution is 2.45. The Hall–Kier alpha value is -1.60. The number of hydrogen-bond acceptors (Lipinski definition) is 6. The highest BCUT2D eigenvalue weighted by atomic mass is 32.2. The lowest BCUT2D eigenvalue weighted by Crippen LogP contribution is -2.05. The van der Waals surface area contributed by atoms with E-state index >= 15 is 0 Å². The molecule has 5 rings (SSSR count). The maximum Gasteiger partial charge on any atom is 0.127 e. The van der Waals surface area contributed by atoms with E-state index in [-0.39, 0.29) is 0 Å². The van der Waals surface area contributed by atoms with E-state index in [1.807, 2.05) is 23.5 Å². The fourth-order valence-corrected chi connectivity index (χ4v) is 8.57. The molecule has 2 nitrogen and oxygen atoms in total. The summed E-state index contributed by atoms with van der Waals surface area (Å²) < 4.78 is 13.0. The molecule has 0 saturated heterocycles. The maximum absolute atomic E-state index is 6.51. The van der Waals surface area contributed by atoms with Gasteiger partial charge in [0, 0.05) is 45.6 Å². The summed E-state index contributed by atoms with van der Waals surface area (Å²) in [6.07, 6.45) is 1.31. The average Bonchev–Trinajstić information content (AvgIpc) is 2.94. The Labute approximate surface area is 238 Å². The van der Waals surface area contributed by atoms with Crippen LogP contribution in [-0.4, -0.2) is 59.2 Å². The first kappa shape index (κ1) is 27.0. The molecule has 0 bridgehead atoms. The van der Waals surface area contributed by atoms with Crippen molar-refractivity contribution in [3.05, 3.63) is 72.8 Å². The van der Waals surface area contributed by atoms with Crippen molar-refractivity contribution >= 4 is 68.6 Å². The van der Waals surface area contributed by atoms with Gasteiger partial charge in [-0.25, -0.2) is 0 Å². The van der Waals surface area contributed by atoms with Crippen LogP contribution in [0.2, 0.25) is 0 Å². The second-order valence-corrected chi connectivity index (χ2v) is 13.7. The number of benzene rings is 4. The van der Waals surface area contributed by atoms with Crippen LogP contribution in [-0.2, 0) is 0 Å². The summed E-state index contributed by atoms with van der Waals surface area (Å²) in [5, 5.41) is 4.84. The van der Waals surface area contributed by atoms with Crippen LogP contribution in [0.1, 0.15) is 6.42 Å². The molecule has 0 aromatic heterocycles. The Morgan fingerprint density at radius 2 is 0.865 bits per heavy atom. The van der Waals surface area contributed by atoms with Crippen molar-refractivity contribution in [3.8, 4) is 22.6 Å². The second-order valence-electron chi connectivity index (χ2n) is 8.82. The third kappa shape index (κ3) is 7.29. The van der Waals surface area contributed by atoms with Gasteiger partial charge in [0.2, 0.25) is 0 Å². The SMILES string of the molecule is c1ccc2c3c(ccc2c1)OCCSCCSCCCSCCSCCOc1ccc2ccccc2c1-3. The van der Waals surface area contributed by atoms with Crippen molar-refractivity contribution in [2.45, 2.75) is 6.42 Å². The lowest BCUT2D eigenvalue weighted by molar-refractivity contribution is 0.341. The Balaban J connectivity index is 1.51. The Bertz CT molecular complexity index is 1190. The number of ether oxygens (including phenoxy) is 2. The van der Waals surface area contributed by atoms with Crippen LogP contribution in [0, 0.1) is 0 Å². The normalized spacial score (nSPS) is 17.1. The van der Waals surface area contributed by atoms with Crippen LogP contribution in [0.4, 0.5) is 0 Å². The molecule has 0 amide bonds. The zero-order chi connectivity index (χ0) is 25.1. The van der Waals surface area contributed by atoms with Gasteiger partial charge in [-0.2, -0.15) is 47.0 Å². The van der Waals surface area contributed by atoms with Crippen molar-refractivity contribution in [1.29, 1.82) is 0 Å². The third-order valence-corrected chi connectivity index (χ3v) is 10.9. The summed E-state index contributed by atoms with van der Waals surface area (Å²) in [6, 6.07) is 25.9. The lowest BCUT2D eigenvalue weighted by atomic mass is 9.92. The molecule has 0 N–H and O–H groups in total. The van der Waals surface area contributed by atoms with Gasteiger partial charge in [0.05, 0.1) is 13.2 Å². The molecule has 0 aliphatic carbocycles. The molecule has 4 aromatic carbocycles. The van der Waals surface area contributed by atoms with Gasteiger partial charge in [0.25, 0.3) is 0 Å². The molecule has 0 unspecified atom stereocenters. The molecule has 0 radical (unpaired) electrons. The van der Waals surface area contributed by atoms with Crippen molar-refractivity contribution in [2.75, 3.05) is 59.2 Å². The first-order chi connectivity index (χ1) is 18.4. The summed E-state index contributed by atoms with van der Waals surface area (Å²) in [5.41, 5.74) is 2.28. The van der Waals surface area contributed by atoms with Gasteiger partial charge in [-0.05, 0) is 51.6 Å². The standard InChI is InChI=1S/C31H34O2S4/c1-3-8-26-24(6-1)10-12-28-30(26)31-27-9-4-2-7-25(27)11-13-29(31)33-15-19-37-23-21-35-17-5-16-34-20-22-36-18-14-32-28/h1-4,6-13H,5,14-23H2. The third-order valence-electron chi connectivity index (χ3n) is 6.32. The summed E-state index contributed by atoms with van der Waals surface area (Å²) in [4.78, 5) is 0. The zero-order valence-corrected chi connectivity index (χ0v) is 24.4. The van der Waals surface area contributed by atoms with Gasteiger partial charge >= 0.3 is 0 Å². The number of thioether (sulfide) groups is 4. The second kappa shape index (κ2) is 14.5. The van der Waals surface area contributed by atoms with Gasteiger partial charge in [0.15, 0.2) is 0 Å². The van der Waals surface area contributed by atoms with Crippen LogP contribution in [0.25, 0.3) is 32.7 Å². The lowest BCUT2D eigenvalue weighted by Gasteiger charge is -2.20. The van der Waals surface area contributed by atoms with Crippen molar-refractivity contribution < 1.29 is 9.47 Å². The zero-order valence-electron chi connectivity index (χ0n) is 21.2. The van der Waals surface area contributed by atoms with Gasteiger partial charge in [-0.1, -0.05) is 60.7 Å². The first-order valence-corrected chi connectivity index (χ1v) is 17.6. The predicted molar refractivity (Wildman–Crippen MR) is 172 cm³/mol. The van der Waals surface area contributed by atoms with Crippen molar-refractivity contribution in [1.82, 2.24) is 0 Å². The minimum absolute atomic E-state index is 0.703. The van der Waals surface area contributed by atoms with E-state index in [1.165, 1.54) is 62.5 Å². The smallest absolute Gasteiger partial charge is 0.127 e. The fraction of sp³-hybridized carbons (Fsp3) is 0.355. The number of hydrogen-bond donors (Lipinski definition) is 0. The van der Waals surface area contributed by atoms with Gasteiger partial charge in [0.1, 0.15) is 11.5 Å². The summed E-state index contributed by atoms with van der Waals surface area (Å²) in [5.74, 6) is 11.2. The van der Waals surface area contributed by atoms with Gasteiger partial charge in [-0.15, -0.1) is 0 Å². The van der Waals surface area contributed by atoms with E-state index in [4.69, 9.17) is 9.47 Å². The van der Waals surface area contributed by atoms with Gasteiger partial charge < -0.3 is 9.47 Å². The van der Waals surface area contributed by atoms with Crippen molar-refractivity contribution in [3.63, 3.8) is 0 Å². The fourth-order valence-electron chi connectivity index (χ4n) is 4.59. The molecular formula is C31H34O2S4. The van der Waals surface area contributed by atoms with Crippen LogP contribution in [0.15, 0.2) is 72.8 Å². The molecule has 0 fully saturated rings. The Morgan fingerprint density at radius 3 is 1.35 bits per heavy atom. The molecule has 0 saturated carbocycles. The molecule has 194 valence electrons. The molecule has 37 heavy (non-hydrogen) atoms. The highest BCUT2D eigenvalue weighted by Gasteiger charge is 2.19.